The van der Waals surface area contributed by atoms with Gasteiger partial charge in [-0.15, -0.1) is 0 Å². The summed E-state index contributed by atoms with van der Waals surface area (Å²) in [5.41, 5.74) is 2.97. The predicted octanol–water partition coefficient (Wildman–Crippen LogP) is 2.56. The highest BCUT2D eigenvalue weighted by molar-refractivity contribution is 5.45. The maximum absolute atomic E-state index is 10.5. The Kier molecular flexibility index (Phi) is 7.25. The molecule has 0 spiro atoms. The molecule has 6 nitrogen and oxygen atoms in total. The fourth-order valence-corrected chi connectivity index (χ4v) is 3.84. The van der Waals surface area contributed by atoms with Crippen molar-refractivity contribution in [3.8, 4) is 11.5 Å². The van der Waals surface area contributed by atoms with Crippen molar-refractivity contribution in [3.63, 3.8) is 0 Å². The summed E-state index contributed by atoms with van der Waals surface area (Å²) in [6, 6.07) is 12.0. The summed E-state index contributed by atoms with van der Waals surface area (Å²) >= 11 is 0. The second kappa shape index (κ2) is 9.87. The molecule has 3 rings (SSSR count). The number of rotatable bonds is 8. The molecule has 1 saturated heterocycles. The van der Waals surface area contributed by atoms with Crippen molar-refractivity contribution in [2.45, 2.75) is 39.4 Å². The van der Waals surface area contributed by atoms with Crippen LogP contribution in [0.1, 0.15) is 30.3 Å². The molecule has 0 radical (unpaired) electrons. The third kappa shape index (κ3) is 5.22. The molecular weight excluding hydrogens is 354 g/mol. The molecule has 2 N–H and O–H groups in total. The lowest BCUT2D eigenvalue weighted by Gasteiger charge is -2.41. The highest BCUT2D eigenvalue weighted by atomic mass is 16.5. The average molecular weight is 386 g/mol. The van der Waals surface area contributed by atoms with E-state index in [4.69, 9.17) is 4.74 Å². The molecule has 0 unspecified atom stereocenters. The van der Waals surface area contributed by atoms with Gasteiger partial charge in [-0.1, -0.05) is 18.2 Å². The average Bonchev–Trinajstić information content (AvgIpc) is 2.67. The smallest absolute Gasteiger partial charge is 0.162 e. The molecule has 1 fully saturated rings. The van der Waals surface area contributed by atoms with E-state index in [1.807, 2.05) is 38.1 Å². The van der Waals surface area contributed by atoms with Crippen LogP contribution >= 0.6 is 0 Å². The van der Waals surface area contributed by atoms with E-state index < -0.39 is 0 Å². The summed E-state index contributed by atoms with van der Waals surface area (Å²) in [7, 11) is 0. The van der Waals surface area contributed by atoms with Crippen molar-refractivity contribution < 1.29 is 14.9 Å². The number of ether oxygens (including phenoxy) is 1. The van der Waals surface area contributed by atoms with Gasteiger partial charge in [0.2, 0.25) is 0 Å². The minimum absolute atomic E-state index is 0.168. The summed E-state index contributed by atoms with van der Waals surface area (Å²) in [5.74, 6) is 0.769. The number of phenols is 1. The van der Waals surface area contributed by atoms with Crippen LogP contribution in [0.5, 0.6) is 11.5 Å². The van der Waals surface area contributed by atoms with Crippen molar-refractivity contribution in [1.82, 2.24) is 14.8 Å². The van der Waals surface area contributed by atoms with Crippen molar-refractivity contribution in [2.24, 2.45) is 0 Å². The van der Waals surface area contributed by atoms with Gasteiger partial charge in [-0.05, 0) is 38.5 Å². The summed E-state index contributed by atoms with van der Waals surface area (Å²) in [6.07, 6.45) is 0.729. The summed E-state index contributed by atoms with van der Waals surface area (Å²) in [4.78, 5) is 9.37. The van der Waals surface area contributed by atoms with Crippen molar-refractivity contribution in [1.29, 1.82) is 0 Å². The van der Waals surface area contributed by atoms with Crippen LogP contribution in [0, 0.1) is 6.92 Å². The van der Waals surface area contributed by atoms with Gasteiger partial charge in [0.15, 0.2) is 11.5 Å². The Hall–Kier alpha value is -2.15. The molecule has 28 heavy (non-hydrogen) atoms. The van der Waals surface area contributed by atoms with Gasteiger partial charge in [-0.3, -0.25) is 14.8 Å². The van der Waals surface area contributed by atoms with E-state index in [1.54, 1.807) is 6.07 Å². The molecule has 0 bridgehead atoms. The molecule has 2 heterocycles. The monoisotopic (exact) mass is 385 g/mol. The van der Waals surface area contributed by atoms with Gasteiger partial charge < -0.3 is 14.9 Å². The first-order valence-corrected chi connectivity index (χ1v) is 10.0. The summed E-state index contributed by atoms with van der Waals surface area (Å²) < 4.78 is 5.50. The van der Waals surface area contributed by atoms with Gasteiger partial charge in [-0.25, -0.2) is 0 Å². The Bertz CT molecular complexity index is 768. The Labute approximate surface area is 167 Å². The topological polar surface area (TPSA) is 69.1 Å². The number of aliphatic hydroxyl groups is 1. The Balaban J connectivity index is 1.66. The molecule has 0 aliphatic carbocycles. The maximum atomic E-state index is 10.5. The zero-order valence-corrected chi connectivity index (χ0v) is 16.8. The largest absolute Gasteiger partial charge is 0.504 e. The molecular formula is C22H31N3O3. The van der Waals surface area contributed by atoms with Crippen molar-refractivity contribution in [2.75, 3.05) is 32.8 Å². The Morgan fingerprint density at radius 3 is 2.71 bits per heavy atom. The third-order valence-corrected chi connectivity index (χ3v) is 5.24. The number of para-hydroxylation sites is 1. The van der Waals surface area contributed by atoms with Crippen LogP contribution in [0.2, 0.25) is 0 Å². The fourth-order valence-electron chi connectivity index (χ4n) is 3.84. The fraction of sp³-hybridized carbons (Fsp3) is 0.500. The van der Waals surface area contributed by atoms with E-state index in [9.17, 15) is 10.2 Å². The SMILES string of the molecule is CCOc1cccc(CN2CCN(Cc3cccc(C)n3)[C@@H](CCO)C2)c1O. The standard InChI is InChI=1S/C22H31N3O3/c1-3-28-21-9-5-7-18(22(21)27)14-24-11-12-25(20(16-24)10-13-26)15-19-8-4-6-17(2)23-19/h4-9,20,26-27H,3,10-16H2,1-2H3/t20-/m0/s1. The lowest BCUT2D eigenvalue weighted by Crippen LogP contribution is -2.52. The third-order valence-electron chi connectivity index (χ3n) is 5.24. The van der Waals surface area contributed by atoms with Crippen LogP contribution in [0.3, 0.4) is 0 Å². The first kappa shape index (κ1) is 20.6. The second-order valence-corrected chi connectivity index (χ2v) is 7.34. The number of aryl methyl sites for hydroxylation is 1. The quantitative estimate of drug-likeness (QED) is 0.728. The molecule has 0 saturated carbocycles. The van der Waals surface area contributed by atoms with E-state index >= 15 is 0 Å². The highest BCUT2D eigenvalue weighted by Crippen LogP contribution is 2.31. The number of benzene rings is 1. The molecule has 1 aliphatic rings. The number of pyridine rings is 1. The summed E-state index contributed by atoms with van der Waals surface area (Å²) in [6.45, 7) is 8.76. The van der Waals surface area contributed by atoms with E-state index in [1.165, 1.54) is 0 Å². The van der Waals surface area contributed by atoms with Crippen LogP contribution in [-0.4, -0.2) is 63.9 Å². The van der Waals surface area contributed by atoms with E-state index in [2.05, 4.69) is 20.9 Å². The molecule has 6 heteroatoms. The number of aromatic hydroxyl groups is 1. The lowest BCUT2D eigenvalue weighted by molar-refractivity contribution is 0.0487. The van der Waals surface area contributed by atoms with Crippen LogP contribution in [0.4, 0.5) is 0 Å². The maximum Gasteiger partial charge on any atom is 0.162 e. The van der Waals surface area contributed by atoms with Crippen molar-refractivity contribution >= 4 is 0 Å². The van der Waals surface area contributed by atoms with Gasteiger partial charge in [-0.2, -0.15) is 0 Å². The Morgan fingerprint density at radius 1 is 1.14 bits per heavy atom. The minimum atomic E-state index is 0.168. The van der Waals surface area contributed by atoms with Gasteiger partial charge in [0.25, 0.3) is 0 Å². The van der Waals surface area contributed by atoms with Crippen LogP contribution in [0.15, 0.2) is 36.4 Å². The molecule has 2 aromatic rings. The number of hydrogen-bond donors (Lipinski definition) is 2. The molecule has 152 valence electrons. The zero-order chi connectivity index (χ0) is 19.9. The Morgan fingerprint density at radius 2 is 1.96 bits per heavy atom. The molecule has 1 aromatic heterocycles. The van der Waals surface area contributed by atoms with Crippen molar-refractivity contribution in [3.05, 3.63) is 53.3 Å². The first-order chi connectivity index (χ1) is 13.6. The van der Waals surface area contributed by atoms with Gasteiger partial charge in [0, 0.05) is 56.6 Å². The van der Waals surface area contributed by atoms with Gasteiger partial charge in [0.05, 0.1) is 12.3 Å². The van der Waals surface area contributed by atoms with E-state index in [0.717, 1.165) is 49.6 Å². The number of phenolic OH excluding ortho intramolecular Hbond substituents is 1. The van der Waals surface area contributed by atoms with Crippen LogP contribution in [0.25, 0.3) is 0 Å². The molecule has 1 aliphatic heterocycles. The highest BCUT2D eigenvalue weighted by Gasteiger charge is 2.27. The molecule has 1 aromatic carbocycles. The minimum Gasteiger partial charge on any atom is -0.504 e. The zero-order valence-electron chi connectivity index (χ0n) is 16.8. The number of aliphatic hydroxyl groups excluding tert-OH is 1. The van der Waals surface area contributed by atoms with E-state index in [0.29, 0.717) is 18.9 Å². The van der Waals surface area contributed by atoms with Gasteiger partial charge >= 0.3 is 0 Å². The summed E-state index contributed by atoms with van der Waals surface area (Å²) in [5, 5.41) is 20.0. The normalized spacial score (nSPS) is 18.3. The second-order valence-electron chi connectivity index (χ2n) is 7.34. The number of hydrogen-bond acceptors (Lipinski definition) is 6. The lowest BCUT2D eigenvalue weighted by atomic mass is 10.1. The van der Waals surface area contributed by atoms with Gasteiger partial charge in [0.1, 0.15) is 0 Å². The molecule has 1 atom stereocenters. The van der Waals surface area contributed by atoms with Crippen LogP contribution in [-0.2, 0) is 13.1 Å². The number of piperazine rings is 1. The van der Waals surface area contributed by atoms with E-state index in [-0.39, 0.29) is 18.4 Å². The predicted molar refractivity (Wildman–Crippen MR) is 109 cm³/mol. The first-order valence-electron chi connectivity index (χ1n) is 10.0. The number of nitrogens with zero attached hydrogens (tertiary/aromatic N) is 3. The number of aromatic nitrogens is 1. The molecule has 0 amide bonds. The van der Waals surface area contributed by atoms with Crippen LogP contribution < -0.4 is 4.74 Å².